The minimum atomic E-state index is -3.66. The second kappa shape index (κ2) is 8.48. The molecule has 168 valence electrons. The molecule has 2 aromatic heterocycles. The van der Waals surface area contributed by atoms with Crippen molar-refractivity contribution in [2.45, 2.75) is 32.6 Å². The van der Waals surface area contributed by atoms with Crippen LogP contribution in [0.15, 0.2) is 46.1 Å². The largest absolute Gasteiger partial charge is 0.355 e. The summed E-state index contributed by atoms with van der Waals surface area (Å²) >= 11 is 0. The summed E-state index contributed by atoms with van der Waals surface area (Å²) in [4.78, 5) is 18.9. The fourth-order valence-corrected chi connectivity index (χ4v) is 6.02. The highest BCUT2D eigenvalue weighted by atomic mass is 32.2. The Morgan fingerprint density at radius 3 is 2.12 bits per heavy atom. The Morgan fingerprint density at radius 2 is 1.53 bits per heavy atom. The lowest BCUT2D eigenvalue weighted by molar-refractivity contribution is 0.0687. The minimum Gasteiger partial charge on any atom is -0.355 e. The van der Waals surface area contributed by atoms with Gasteiger partial charge in [-0.15, -0.1) is 0 Å². The molecule has 32 heavy (non-hydrogen) atoms. The summed E-state index contributed by atoms with van der Waals surface area (Å²) in [7, 11) is -3.66. The normalized spacial score (nSPS) is 15.2. The van der Waals surface area contributed by atoms with E-state index in [2.05, 4.69) is 10.1 Å². The summed E-state index contributed by atoms with van der Waals surface area (Å²) in [5.41, 5.74) is 4.44. The van der Waals surface area contributed by atoms with Gasteiger partial charge in [0.05, 0.1) is 4.90 Å². The second-order valence-electron chi connectivity index (χ2n) is 8.10. The van der Waals surface area contributed by atoms with Crippen LogP contribution < -0.4 is 0 Å². The zero-order chi connectivity index (χ0) is 23.0. The van der Waals surface area contributed by atoms with Crippen LogP contribution in [-0.4, -0.2) is 59.8 Å². The van der Waals surface area contributed by atoms with Crippen LogP contribution in [0.5, 0.6) is 0 Å². The van der Waals surface area contributed by atoms with Crippen molar-refractivity contribution in [1.29, 1.82) is 0 Å². The lowest BCUT2D eigenvalue weighted by Crippen LogP contribution is -2.50. The van der Waals surface area contributed by atoms with Gasteiger partial charge in [-0.25, -0.2) is 8.42 Å². The van der Waals surface area contributed by atoms with E-state index in [1.54, 1.807) is 35.5 Å². The molecule has 3 aromatic rings. The average molecular weight is 455 g/mol. The van der Waals surface area contributed by atoms with E-state index in [1.165, 1.54) is 4.31 Å². The molecule has 1 saturated heterocycles. The SMILES string of the molecule is Cc1cc(C)c(C)c(S(=O)(=O)N2CCN(C(=O)c3cc(-c4ccncc4)on3)CC2)c1C. The maximum Gasteiger partial charge on any atom is 0.276 e. The third kappa shape index (κ3) is 3.93. The number of carbonyl (C=O) groups excluding carboxylic acids is 1. The van der Waals surface area contributed by atoms with E-state index in [9.17, 15) is 13.2 Å². The number of hydrogen-bond donors (Lipinski definition) is 0. The van der Waals surface area contributed by atoms with Crippen molar-refractivity contribution in [2.24, 2.45) is 0 Å². The first kappa shape index (κ1) is 22.2. The predicted octanol–water partition coefficient (Wildman–Crippen LogP) is 3.12. The number of sulfonamides is 1. The third-order valence-corrected chi connectivity index (χ3v) is 8.29. The van der Waals surface area contributed by atoms with Crippen LogP contribution in [0, 0.1) is 27.7 Å². The molecular formula is C23H26N4O4S. The summed E-state index contributed by atoms with van der Waals surface area (Å²) in [5, 5.41) is 3.91. The smallest absolute Gasteiger partial charge is 0.276 e. The highest BCUT2D eigenvalue weighted by Crippen LogP contribution is 2.29. The highest BCUT2D eigenvalue weighted by molar-refractivity contribution is 7.89. The number of aromatic nitrogens is 2. The molecule has 0 N–H and O–H groups in total. The van der Waals surface area contributed by atoms with Crippen LogP contribution >= 0.6 is 0 Å². The number of piperazine rings is 1. The number of rotatable bonds is 4. The van der Waals surface area contributed by atoms with E-state index < -0.39 is 10.0 Å². The Morgan fingerprint density at radius 1 is 0.938 bits per heavy atom. The van der Waals surface area contributed by atoms with Crippen molar-refractivity contribution in [1.82, 2.24) is 19.3 Å². The molecule has 0 spiro atoms. The molecule has 1 aliphatic rings. The van der Waals surface area contributed by atoms with Gasteiger partial charge >= 0.3 is 0 Å². The quantitative estimate of drug-likeness (QED) is 0.601. The number of aryl methyl sites for hydroxylation is 2. The van der Waals surface area contributed by atoms with Gasteiger partial charge in [-0.2, -0.15) is 4.31 Å². The van der Waals surface area contributed by atoms with Gasteiger partial charge in [0, 0.05) is 50.2 Å². The van der Waals surface area contributed by atoms with Crippen molar-refractivity contribution in [3.05, 3.63) is 64.6 Å². The van der Waals surface area contributed by atoms with E-state index in [-0.39, 0.29) is 24.7 Å². The first-order valence-electron chi connectivity index (χ1n) is 10.4. The van der Waals surface area contributed by atoms with Crippen molar-refractivity contribution < 1.29 is 17.7 Å². The zero-order valence-corrected chi connectivity index (χ0v) is 19.4. The summed E-state index contributed by atoms with van der Waals surface area (Å²) in [6.07, 6.45) is 3.27. The molecule has 0 saturated carbocycles. The summed E-state index contributed by atoms with van der Waals surface area (Å²) in [5.74, 6) is 0.211. The molecular weight excluding hydrogens is 428 g/mol. The fourth-order valence-electron chi connectivity index (χ4n) is 4.02. The Balaban J connectivity index is 1.49. The molecule has 0 bridgehead atoms. The van der Waals surface area contributed by atoms with Crippen molar-refractivity contribution in [3.63, 3.8) is 0 Å². The number of carbonyl (C=O) groups is 1. The average Bonchev–Trinajstić information content (AvgIpc) is 3.28. The summed E-state index contributed by atoms with van der Waals surface area (Å²) in [6.45, 7) is 8.59. The first-order valence-corrected chi connectivity index (χ1v) is 11.9. The molecule has 3 heterocycles. The molecule has 1 amide bonds. The maximum absolute atomic E-state index is 13.4. The van der Waals surface area contributed by atoms with Gasteiger partial charge < -0.3 is 9.42 Å². The number of nitrogens with zero attached hydrogens (tertiary/aromatic N) is 4. The van der Waals surface area contributed by atoms with Crippen LogP contribution in [0.3, 0.4) is 0 Å². The molecule has 0 atom stereocenters. The van der Waals surface area contributed by atoms with Gasteiger partial charge in [-0.05, 0) is 62.1 Å². The predicted molar refractivity (Wildman–Crippen MR) is 120 cm³/mol. The maximum atomic E-state index is 13.4. The van der Waals surface area contributed by atoms with Crippen molar-refractivity contribution in [2.75, 3.05) is 26.2 Å². The van der Waals surface area contributed by atoms with E-state index in [0.717, 1.165) is 27.8 Å². The van der Waals surface area contributed by atoms with Gasteiger partial charge in [0.2, 0.25) is 10.0 Å². The van der Waals surface area contributed by atoms with Gasteiger partial charge in [0.15, 0.2) is 11.5 Å². The highest BCUT2D eigenvalue weighted by Gasteiger charge is 2.33. The van der Waals surface area contributed by atoms with Gasteiger partial charge in [0.25, 0.3) is 5.91 Å². The van der Waals surface area contributed by atoms with Crippen molar-refractivity contribution >= 4 is 15.9 Å². The molecule has 0 unspecified atom stereocenters. The Hall–Kier alpha value is -3.04. The summed E-state index contributed by atoms with van der Waals surface area (Å²) in [6, 6.07) is 7.16. The van der Waals surface area contributed by atoms with Crippen molar-refractivity contribution in [3.8, 4) is 11.3 Å². The van der Waals surface area contributed by atoms with Gasteiger partial charge in [-0.3, -0.25) is 9.78 Å². The monoisotopic (exact) mass is 454 g/mol. The lowest BCUT2D eigenvalue weighted by atomic mass is 10.0. The Labute approximate surface area is 187 Å². The van der Waals surface area contributed by atoms with Crippen LogP contribution in [0.2, 0.25) is 0 Å². The first-order chi connectivity index (χ1) is 15.2. The zero-order valence-electron chi connectivity index (χ0n) is 18.6. The molecule has 1 aliphatic heterocycles. The molecule has 8 nitrogen and oxygen atoms in total. The van der Waals surface area contributed by atoms with Gasteiger partial charge in [-0.1, -0.05) is 11.2 Å². The fraction of sp³-hybridized carbons (Fsp3) is 0.348. The van der Waals surface area contributed by atoms with Crippen LogP contribution in [0.25, 0.3) is 11.3 Å². The molecule has 0 radical (unpaired) electrons. The lowest BCUT2D eigenvalue weighted by Gasteiger charge is -2.34. The molecule has 9 heteroatoms. The Kier molecular flexibility index (Phi) is 5.87. The Bertz CT molecular complexity index is 1230. The molecule has 0 aliphatic carbocycles. The molecule has 1 aromatic carbocycles. The standard InChI is InChI=1S/C23H26N4O4S/c1-15-13-16(2)18(4)22(17(15)3)32(29,30)27-11-9-26(10-12-27)23(28)20-14-21(31-25-20)19-5-7-24-8-6-19/h5-8,13-14H,9-12H2,1-4H3. The molecule has 1 fully saturated rings. The van der Waals surface area contributed by atoms with Gasteiger partial charge in [0.1, 0.15) is 0 Å². The van der Waals surface area contributed by atoms with Crippen LogP contribution in [0.4, 0.5) is 0 Å². The van der Waals surface area contributed by atoms with E-state index in [1.807, 2.05) is 33.8 Å². The number of hydrogen-bond acceptors (Lipinski definition) is 6. The topological polar surface area (TPSA) is 96.6 Å². The van der Waals surface area contributed by atoms with E-state index >= 15 is 0 Å². The van der Waals surface area contributed by atoms with E-state index in [0.29, 0.717) is 23.7 Å². The number of benzene rings is 1. The molecule has 4 rings (SSSR count). The van der Waals surface area contributed by atoms with Crippen LogP contribution in [0.1, 0.15) is 32.7 Å². The minimum absolute atomic E-state index is 0.203. The third-order valence-electron chi connectivity index (χ3n) is 6.12. The number of pyridine rings is 1. The van der Waals surface area contributed by atoms with E-state index in [4.69, 9.17) is 4.52 Å². The van der Waals surface area contributed by atoms with Crippen LogP contribution in [-0.2, 0) is 10.0 Å². The summed E-state index contributed by atoms with van der Waals surface area (Å²) < 4.78 is 33.6. The second-order valence-corrected chi connectivity index (χ2v) is 9.97. The number of amides is 1.